The molecule has 0 aliphatic carbocycles. The van der Waals surface area contributed by atoms with E-state index in [0.717, 1.165) is 27.2 Å². The van der Waals surface area contributed by atoms with E-state index in [9.17, 15) is 4.79 Å². The minimum atomic E-state index is -0.0418. The molecule has 7 heteroatoms. The van der Waals surface area contributed by atoms with Crippen LogP contribution in [0.2, 0.25) is 0 Å². The highest BCUT2D eigenvalue weighted by Gasteiger charge is 2.13. The highest BCUT2D eigenvalue weighted by molar-refractivity contribution is 7.17. The molecule has 6 nitrogen and oxygen atoms in total. The molecule has 1 aromatic carbocycles. The summed E-state index contributed by atoms with van der Waals surface area (Å²) in [7, 11) is 0. The molecule has 0 saturated carbocycles. The fraction of sp³-hybridized carbons (Fsp3) is 0.278. The number of aliphatic hydroxyl groups is 1. The number of carbonyl (C=O) groups is 1. The normalized spacial score (nSPS) is 10.8. The van der Waals surface area contributed by atoms with Gasteiger partial charge in [0, 0.05) is 37.1 Å². The summed E-state index contributed by atoms with van der Waals surface area (Å²) < 4.78 is 0. The third-order valence-corrected chi connectivity index (χ3v) is 4.64. The molecule has 0 fully saturated rings. The van der Waals surface area contributed by atoms with Gasteiger partial charge in [0.2, 0.25) is 5.91 Å². The van der Waals surface area contributed by atoms with Crippen LogP contribution in [0.1, 0.15) is 12.8 Å². The van der Waals surface area contributed by atoms with Crippen molar-refractivity contribution in [2.24, 2.45) is 0 Å². The van der Waals surface area contributed by atoms with Crippen molar-refractivity contribution in [3.8, 4) is 11.1 Å². The van der Waals surface area contributed by atoms with Crippen LogP contribution < -0.4 is 10.6 Å². The van der Waals surface area contributed by atoms with Gasteiger partial charge in [0.05, 0.1) is 5.39 Å². The Morgan fingerprint density at radius 1 is 1.16 bits per heavy atom. The second-order valence-electron chi connectivity index (χ2n) is 5.52. The summed E-state index contributed by atoms with van der Waals surface area (Å²) in [5.74, 6) is 0.702. The van der Waals surface area contributed by atoms with Gasteiger partial charge >= 0.3 is 0 Å². The summed E-state index contributed by atoms with van der Waals surface area (Å²) in [5, 5.41) is 17.8. The first kappa shape index (κ1) is 17.3. The van der Waals surface area contributed by atoms with Crippen molar-refractivity contribution < 1.29 is 9.90 Å². The van der Waals surface area contributed by atoms with Crippen LogP contribution in [0.4, 0.5) is 5.82 Å². The Kier molecular flexibility index (Phi) is 5.92. The van der Waals surface area contributed by atoms with E-state index < -0.39 is 0 Å². The third-order valence-electron chi connectivity index (χ3n) is 3.76. The van der Waals surface area contributed by atoms with Gasteiger partial charge in [0.25, 0.3) is 0 Å². The fourth-order valence-corrected chi connectivity index (χ4v) is 3.44. The average Bonchev–Trinajstić information content (AvgIpc) is 3.08. The van der Waals surface area contributed by atoms with E-state index in [2.05, 4.69) is 38.1 Å². The summed E-state index contributed by atoms with van der Waals surface area (Å²) in [6.07, 6.45) is 2.46. The molecule has 0 spiro atoms. The van der Waals surface area contributed by atoms with Crippen molar-refractivity contribution in [3.63, 3.8) is 0 Å². The van der Waals surface area contributed by atoms with Gasteiger partial charge in [0.15, 0.2) is 0 Å². The van der Waals surface area contributed by atoms with E-state index in [1.165, 1.54) is 6.33 Å². The van der Waals surface area contributed by atoms with Gasteiger partial charge in [-0.1, -0.05) is 30.3 Å². The van der Waals surface area contributed by atoms with Gasteiger partial charge in [-0.3, -0.25) is 4.79 Å². The molecule has 0 aliphatic rings. The molecule has 3 N–H and O–H groups in total. The van der Waals surface area contributed by atoms with Crippen LogP contribution in [0.15, 0.2) is 42.0 Å². The van der Waals surface area contributed by atoms with Crippen LogP contribution in [-0.4, -0.2) is 40.7 Å². The molecular weight excluding hydrogens is 336 g/mol. The lowest BCUT2D eigenvalue weighted by molar-refractivity contribution is -0.120. The molecule has 0 aliphatic heterocycles. The topological polar surface area (TPSA) is 87.1 Å². The minimum absolute atomic E-state index is 0.0418. The van der Waals surface area contributed by atoms with Gasteiger partial charge in [-0.25, -0.2) is 9.97 Å². The number of fused-ring (bicyclic) bond motifs is 1. The molecule has 2 heterocycles. The molecule has 0 radical (unpaired) electrons. The Bertz CT molecular complexity index is 835. The lowest BCUT2D eigenvalue weighted by atomic mass is 10.1. The molecule has 0 bridgehead atoms. The molecule has 1 amide bonds. The second-order valence-corrected chi connectivity index (χ2v) is 6.38. The van der Waals surface area contributed by atoms with E-state index in [-0.39, 0.29) is 12.5 Å². The van der Waals surface area contributed by atoms with Gasteiger partial charge in [0.1, 0.15) is 17.0 Å². The monoisotopic (exact) mass is 356 g/mol. The minimum Gasteiger partial charge on any atom is -0.396 e. The zero-order valence-corrected chi connectivity index (χ0v) is 14.6. The maximum atomic E-state index is 11.7. The number of nitrogens with zero attached hydrogens (tertiary/aromatic N) is 2. The highest BCUT2D eigenvalue weighted by atomic mass is 32.1. The van der Waals surface area contributed by atoms with Crippen molar-refractivity contribution in [2.75, 3.05) is 25.0 Å². The standard InChI is InChI=1S/C18H20N4O2S/c23-10-4-8-19-15(24)7-9-20-17-16-14(13-5-2-1-3-6-13)11-25-18(16)22-12-21-17/h1-3,5-6,11-12,23H,4,7-10H2,(H,19,24)(H,20,21,22). The van der Waals surface area contributed by atoms with Crippen molar-refractivity contribution >= 4 is 33.3 Å². The molecular formula is C18H20N4O2S. The molecule has 0 unspecified atom stereocenters. The summed E-state index contributed by atoms with van der Waals surface area (Å²) in [4.78, 5) is 21.4. The van der Waals surface area contributed by atoms with Gasteiger partial charge in [-0.15, -0.1) is 11.3 Å². The predicted octanol–water partition coefficient (Wildman–Crippen LogP) is 2.66. The van der Waals surface area contributed by atoms with Gasteiger partial charge < -0.3 is 15.7 Å². The summed E-state index contributed by atoms with van der Waals surface area (Å²) in [6, 6.07) is 10.1. The van der Waals surface area contributed by atoms with E-state index >= 15 is 0 Å². The average molecular weight is 356 g/mol. The Balaban J connectivity index is 1.72. The molecule has 3 rings (SSSR count). The number of amides is 1. The number of nitrogens with one attached hydrogen (secondary N) is 2. The maximum absolute atomic E-state index is 11.7. The first-order valence-electron chi connectivity index (χ1n) is 8.18. The Morgan fingerprint density at radius 3 is 2.80 bits per heavy atom. The first-order valence-corrected chi connectivity index (χ1v) is 9.06. The Hall–Kier alpha value is -2.51. The molecule has 0 saturated heterocycles. The van der Waals surface area contributed by atoms with Crippen molar-refractivity contribution in [2.45, 2.75) is 12.8 Å². The zero-order valence-electron chi connectivity index (χ0n) is 13.7. The summed E-state index contributed by atoms with van der Waals surface area (Å²) in [5.41, 5.74) is 2.21. The number of anilines is 1. The summed E-state index contributed by atoms with van der Waals surface area (Å²) >= 11 is 1.58. The van der Waals surface area contributed by atoms with Crippen LogP contribution in [0.25, 0.3) is 21.3 Å². The number of hydrogen-bond acceptors (Lipinski definition) is 6. The number of thiophene rings is 1. The van der Waals surface area contributed by atoms with Crippen LogP contribution in [0.5, 0.6) is 0 Å². The number of rotatable bonds is 8. The van der Waals surface area contributed by atoms with Crippen LogP contribution >= 0.6 is 11.3 Å². The first-order chi connectivity index (χ1) is 12.3. The smallest absolute Gasteiger partial charge is 0.221 e. The van der Waals surface area contributed by atoms with Crippen LogP contribution in [0.3, 0.4) is 0 Å². The second kappa shape index (κ2) is 8.55. The summed E-state index contributed by atoms with van der Waals surface area (Å²) in [6.45, 7) is 1.06. The number of aliphatic hydroxyl groups excluding tert-OH is 1. The SMILES string of the molecule is O=C(CCNc1ncnc2scc(-c3ccccc3)c12)NCCCO. The Labute approximate surface area is 149 Å². The van der Waals surface area contributed by atoms with E-state index in [0.29, 0.717) is 25.9 Å². The molecule has 2 aromatic heterocycles. The van der Waals surface area contributed by atoms with Crippen molar-refractivity contribution in [1.82, 2.24) is 15.3 Å². The van der Waals surface area contributed by atoms with Gasteiger partial charge in [-0.2, -0.15) is 0 Å². The maximum Gasteiger partial charge on any atom is 0.221 e. The molecule has 3 aromatic rings. The number of benzene rings is 1. The number of hydrogen-bond donors (Lipinski definition) is 3. The zero-order chi connectivity index (χ0) is 17.5. The molecule has 130 valence electrons. The van der Waals surface area contributed by atoms with Crippen LogP contribution in [0, 0.1) is 0 Å². The molecule has 0 atom stereocenters. The van der Waals surface area contributed by atoms with E-state index in [4.69, 9.17) is 5.11 Å². The predicted molar refractivity (Wildman–Crippen MR) is 101 cm³/mol. The number of aromatic nitrogens is 2. The van der Waals surface area contributed by atoms with Gasteiger partial charge in [-0.05, 0) is 12.0 Å². The lowest BCUT2D eigenvalue weighted by Gasteiger charge is -2.09. The fourth-order valence-electron chi connectivity index (χ4n) is 2.53. The Morgan fingerprint density at radius 2 is 2.00 bits per heavy atom. The van der Waals surface area contributed by atoms with E-state index in [1.807, 2.05) is 18.2 Å². The van der Waals surface area contributed by atoms with E-state index in [1.54, 1.807) is 11.3 Å². The van der Waals surface area contributed by atoms with Crippen molar-refractivity contribution in [1.29, 1.82) is 0 Å². The quantitative estimate of drug-likeness (QED) is 0.540. The lowest BCUT2D eigenvalue weighted by Crippen LogP contribution is -2.26. The number of carbonyl (C=O) groups excluding carboxylic acids is 1. The third kappa shape index (κ3) is 4.32. The van der Waals surface area contributed by atoms with Crippen LogP contribution in [-0.2, 0) is 4.79 Å². The molecule has 25 heavy (non-hydrogen) atoms. The highest BCUT2D eigenvalue weighted by Crippen LogP contribution is 2.36. The largest absolute Gasteiger partial charge is 0.396 e. The van der Waals surface area contributed by atoms with Crippen molar-refractivity contribution in [3.05, 3.63) is 42.0 Å².